The maximum atomic E-state index is 12.3. The van der Waals surface area contributed by atoms with Crippen LogP contribution in [-0.2, 0) is 14.6 Å². The van der Waals surface area contributed by atoms with E-state index in [1.165, 1.54) is 25.7 Å². The Morgan fingerprint density at radius 2 is 2.30 bits per heavy atom. The van der Waals surface area contributed by atoms with Crippen molar-refractivity contribution in [1.82, 2.24) is 14.6 Å². The molecule has 3 aliphatic rings. The van der Waals surface area contributed by atoms with Crippen molar-refractivity contribution >= 4 is 10.4 Å². The summed E-state index contributed by atoms with van der Waals surface area (Å²) in [6.45, 7) is 3.14. The lowest BCUT2D eigenvalue weighted by atomic mass is 10.0. The van der Waals surface area contributed by atoms with Crippen molar-refractivity contribution in [3.63, 3.8) is 0 Å². The van der Waals surface area contributed by atoms with E-state index in [4.69, 9.17) is 4.74 Å². The Bertz CT molecular complexity index is 635. The normalized spacial score (nSPS) is 35.2. The van der Waals surface area contributed by atoms with E-state index < -0.39 is 16.0 Å². The average Bonchev–Trinajstić information content (AvgIpc) is 3.15. The summed E-state index contributed by atoms with van der Waals surface area (Å²) in [5.41, 5.74) is -0.495. The fourth-order valence-corrected chi connectivity index (χ4v) is 5.26. The van der Waals surface area contributed by atoms with Crippen molar-refractivity contribution in [2.75, 3.05) is 26.2 Å². The first-order valence-corrected chi connectivity index (χ1v) is 9.91. The predicted octanol–water partition coefficient (Wildman–Crippen LogP) is 1.60. The first-order valence-electron chi connectivity index (χ1n) is 8.42. The molecule has 1 spiro atoms. The maximum absolute atomic E-state index is 12.3. The molecule has 2 aliphatic heterocycles. The van der Waals surface area contributed by atoms with Gasteiger partial charge in [0.05, 0.1) is 6.54 Å². The number of likely N-dealkylation sites (tertiary alicyclic amines) is 1. The van der Waals surface area contributed by atoms with Gasteiger partial charge in [0.25, 0.3) is 5.88 Å². The van der Waals surface area contributed by atoms with Crippen LogP contribution in [-0.4, -0.2) is 46.2 Å². The molecule has 4 rings (SSSR count). The fraction of sp³-hybridized carbons (Fsp3) is 0.688. The monoisotopic (exact) mass is 337 g/mol. The summed E-state index contributed by atoms with van der Waals surface area (Å²) >= 11 is 0. The van der Waals surface area contributed by atoms with E-state index >= 15 is 0 Å². The van der Waals surface area contributed by atoms with Crippen molar-refractivity contribution in [1.29, 1.82) is 0 Å². The third-order valence-electron chi connectivity index (χ3n) is 5.31. The second-order valence-electron chi connectivity index (χ2n) is 7.05. The van der Waals surface area contributed by atoms with E-state index in [-0.39, 0.29) is 10.8 Å². The molecule has 126 valence electrons. The molecule has 0 radical (unpaired) electrons. The van der Waals surface area contributed by atoms with E-state index in [1.54, 1.807) is 18.3 Å². The summed E-state index contributed by atoms with van der Waals surface area (Å²) in [6.07, 6.45) is 7.74. The van der Waals surface area contributed by atoms with Gasteiger partial charge in [-0.2, -0.15) is 0 Å². The summed E-state index contributed by atoms with van der Waals surface area (Å²) in [6, 6.07) is 3.18. The van der Waals surface area contributed by atoms with Crippen LogP contribution >= 0.6 is 0 Å². The van der Waals surface area contributed by atoms with Crippen molar-refractivity contribution in [3.8, 4) is 5.88 Å². The lowest BCUT2D eigenvalue weighted by Crippen LogP contribution is -2.48. The van der Waals surface area contributed by atoms with Crippen LogP contribution in [0.15, 0.2) is 23.2 Å². The van der Waals surface area contributed by atoms with Crippen LogP contribution in [0, 0.1) is 5.92 Å². The van der Waals surface area contributed by atoms with Crippen molar-refractivity contribution in [3.05, 3.63) is 18.3 Å². The van der Waals surface area contributed by atoms with Crippen LogP contribution in [0.1, 0.15) is 32.1 Å². The maximum Gasteiger partial charge on any atom is 0.272 e. The molecule has 3 heterocycles. The van der Waals surface area contributed by atoms with Gasteiger partial charge >= 0.3 is 0 Å². The van der Waals surface area contributed by atoms with Gasteiger partial charge in [-0.3, -0.25) is 4.90 Å². The summed E-state index contributed by atoms with van der Waals surface area (Å²) in [5.74, 6) is 1.03. The van der Waals surface area contributed by atoms with E-state index in [9.17, 15) is 8.76 Å². The zero-order valence-electron chi connectivity index (χ0n) is 13.2. The van der Waals surface area contributed by atoms with Gasteiger partial charge in [-0.15, -0.1) is 4.72 Å². The Hall–Kier alpha value is -1.02. The molecule has 1 saturated heterocycles. The van der Waals surface area contributed by atoms with E-state index in [2.05, 4.69) is 14.6 Å². The van der Waals surface area contributed by atoms with Gasteiger partial charge in [-0.05, 0) is 24.8 Å². The Morgan fingerprint density at radius 3 is 3.13 bits per heavy atom. The molecule has 2 unspecified atom stereocenters. The Balaban J connectivity index is 1.53. The zero-order chi connectivity index (χ0) is 15.9. The summed E-state index contributed by atoms with van der Waals surface area (Å²) in [7, 11) is -3.54. The number of nitrogens with one attached hydrogen (secondary N) is 1. The van der Waals surface area contributed by atoms with Crippen LogP contribution in [0.3, 0.4) is 0 Å². The quantitative estimate of drug-likeness (QED) is 0.830. The molecule has 1 N–H and O–H groups in total. The summed E-state index contributed by atoms with van der Waals surface area (Å²) < 4.78 is 33.5. The number of rotatable bonds is 2. The molecule has 1 saturated carbocycles. The molecule has 2 atom stereocenters. The Morgan fingerprint density at radius 1 is 1.48 bits per heavy atom. The second kappa shape index (κ2) is 5.81. The van der Waals surface area contributed by atoms with Gasteiger partial charge < -0.3 is 9.29 Å². The van der Waals surface area contributed by atoms with Gasteiger partial charge in [0.15, 0.2) is 10.4 Å². The minimum absolute atomic E-state index is 0.145. The molecule has 6 nitrogen and oxygen atoms in total. The molecule has 0 bridgehead atoms. The van der Waals surface area contributed by atoms with E-state index in [1.807, 2.05) is 0 Å². The van der Waals surface area contributed by atoms with E-state index in [0.29, 0.717) is 6.54 Å². The third-order valence-corrected chi connectivity index (χ3v) is 6.72. The molecule has 0 amide bonds. The molecular weight excluding hydrogens is 314 g/mol. The van der Waals surface area contributed by atoms with Gasteiger partial charge in [-0.25, -0.2) is 4.98 Å². The molecule has 1 aromatic rings. The Labute approximate surface area is 138 Å². The van der Waals surface area contributed by atoms with Crippen molar-refractivity contribution in [2.45, 2.75) is 42.6 Å². The number of hydrogen-bond acceptors (Lipinski definition) is 5. The summed E-state index contributed by atoms with van der Waals surface area (Å²) in [4.78, 5) is 6.74. The van der Waals surface area contributed by atoms with E-state index in [0.717, 1.165) is 32.0 Å². The highest BCUT2D eigenvalue weighted by Crippen LogP contribution is 2.36. The molecule has 1 aliphatic carbocycles. The van der Waals surface area contributed by atoms with Crippen LogP contribution in [0.5, 0.6) is 5.88 Å². The second-order valence-corrected chi connectivity index (χ2v) is 8.79. The van der Waals surface area contributed by atoms with Crippen LogP contribution in [0.25, 0.3) is 0 Å². The number of aromatic nitrogens is 1. The molecule has 23 heavy (non-hydrogen) atoms. The van der Waals surface area contributed by atoms with Crippen molar-refractivity contribution in [2.24, 2.45) is 5.92 Å². The number of fused-ring (bicyclic) bond motifs is 1. The van der Waals surface area contributed by atoms with Crippen molar-refractivity contribution < 1.29 is 13.5 Å². The number of sulfonamides is 1. The molecule has 2 fully saturated rings. The van der Waals surface area contributed by atoms with Crippen LogP contribution < -0.4 is 9.46 Å². The number of nitrogens with zero attached hydrogens (tertiary/aromatic N) is 2. The molecule has 0 aromatic carbocycles. The first-order chi connectivity index (χ1) is 11.1. The number of hydrogen-bond donors (Lipinski definition) is 1. The van der Waals surface area contributed by atoms with Gasteiger partial charge in [0, 0.05) is 38.3 Å². The fourth-order valence-electron chi connectivity index (χ4n) is 4.07. The van der Waals surface area contributed by atoms with Gasteiger partial charge in [-0.1, -0.05) is 17.1 Å². The van der Waals surface area contributed by atoms with Crippen LogP contribution in [0.4, 0.5) is 0 Å². The summed E-state index contributed by atoms with van der Waals surface area (Å²) in [5, 5.41) is 0. The molecule has 1 aromatic heterocycles. The van der Waals surface area contributed by atoms with Crippen LogP contribution in [0.2, 0.25) is 0 Å². The smallest absolute Gasteiger partial charge is 0.272 e. The largest absolute Gasteiger partial charge is 0.593 e. The number of pyridine rings is 1. The average molecular weight is 337 g/mol. The highest BCUT2D eigenvalue weighted by molar-refractivity contribution is 7.95. The first kappa shape index (κ1) is 15.5. The SMILES string of the molecule is O=[S+]1([O-])NCC2(CCN(CC3CCCC3)C2)Oc2ncccc21. The lowest BCUT2D eigenvalue weighted by molar-refractivity contribution is 0.0735. The highest BCUT2D eigenvalue weighted by atomic mass is 32.3. The van der Waals surface area contributed by atoms with Gasteiger partial charge in [0.1, 0.15) is 5.60 Å². The number of ether oxygens (including phenoxy) is 1. The minimum atomic E-state index is -3.54. The highest BCUT2D eigenvalue weighted by Gasteiger charge is 2.47. The van der Waals surface area contributed by atoms with Gasteiger partial charge in [0.2, 0.25) is 4.90 Å². The molecule has 7 heteroatoms. The standard InChI is InChI=1S/C16H23N3O3S/c20-23(21)14-6-3-8-17-15(14)22-16(11-18-23)7-9-19(12-16)10-13-4-1-2-5-13/h3,6,8,13H,1-2,4-5,7,9-12H2,(H-,18,20,21). The Kier molecular flexibility index (Phi) is 3.91. The predicted molar refractivity (Wildman–Crippen MR) is 85.7 cm³/mol. The lowest BCUT2D eigenvalue weighted by Gasteiger charge is -2.28. The minimum Gasteiger partial charge on any atom is -0.593 e. The topological polar surface area (TPSA) is 77.5 Å². The zero-order valence-corrected chi connectivity index (χ0v) is 14.0. The third kappa shape index (κ3) is 3.03. The molecular formula is C16H23N3O3S.